The molecule has 0 fully saturated rings. The molecule has 0 unspecified atom stereocenters. The minimum atomic E-state index is 0.509. The molecule has 172 valence electrons. The number of rotatable bonds is 3. The van der Waals surface area contributed by atoms with E-state index in [-0.39, 0.29) is 0 Å². The molecule has 2 heterocycles. The van der Waals surface area contributed by atoms with Crippen molar-refractivity contribution in [2.45, 2.75) is 6.92 Å². The monoisotopic (exact) mass is 463 g/mol. The second kappa shape index (κ2) is 7.37. The van der Waals surface area contributed by atoms with Gasteiger partial charge in [-0.1, -0.05) is 97.6 Å². The molecular formula is C33H25N3. The summed E-state index contributed by atoms with van der Waals surface area (Å²) in [4.78, 5) is 0. The first-order chi connectivity index (χ1) is 17.6. The Bertz CT molecular complexity index is 2030. The van der Waals surface area contributed by atoms with Crippen LogP contribution >= 0.6 is 0 Å². The lowest BCUT2D eigenvalue weighted by Crippen LogP contribution is -2.03. The number of nitrogens with zero attached hydrogens (tertiary/aromatic N) is 2. The quantitative estimate of drug-likeness (QED) is 0.262. The van der Waals surface area contributed by atoms with E-state index in [1.165, 1.54) is 32.4 Å². The van der Waals surface area contributed by atoms with Crippen molar-refractivity contribution in [1.29, 1.82) is 0 Å². The smallest absolute Gasteiger partial charge is 0.100 e. The first kappa shape index (κ1) is 20.6. The summed E-state index contributed by atoms with van der Waals surface area (Å²) in [5.74, 6) is 0.509. The van der Waals surface area contributed by atoms with Crippen LogP contribution in [0.1, 0.15) is 12.5 Å². The van der Waals surface area contributed by atoms with Crippen LogP contribution in [0.25, 0.3) is 71.5 Å². The van der Waals surface area contributed by atoms with E-state index in [1.807, 2.05) is 6.92 Å². The van der Waals surface area contributed by atoms with Gasteiger partial charge in [0.25, 0.3) is 0 Å². The molecule has 0 aliphatic heterocycles. The van der Waals surface area contributed by atoms with Crippen LogP contribution in [-0.2, 0) is 0 Å². The molecule has 0 atom stereocenters. The zero-order chi connectivity index (χ0) is 24.6. The Labute approximate surface area is 209 Å². The fraction of sp³-hybridized carbons (Fsp3) is 0.0303. The molecule has 2 aromatic heterocycles. The fourth-order valence-electron chi connectivity index (χ4n) is 5.84. The lowest BCUT2D eigenvalue weighted by Gasteiger charge is -2.13. The molecule has 0 spiro atoms. The normalized spacial score (nSPS) is 11.8. The van der Waals surface area contributed by atoms with Gasteiger partial charge in [-0.15, -0.1) is 0 Å². The van der Waals surface area contributed by atoms with E-state index >= 15 is 0 Å². The summed E-state index contributed by atoms with van der Waals surface area (Å²) in [5, 5.41) is 7.22. The second-order valence-electron chi connectivity index (χ2n) is 9.52. The number of hydrogen-bond acceptors (Lipinski definition) is 1. The predicted molar refractivity (Wildman–Crippen MR) is 156 cm³/mol. The Morgan fingerprint density at radius 2 is 1.17 bits per heavy atom. The average Bonchev–Trinajstić information content (AvgIpc) is 3.42. The van der Waals surface area contributed by atoms with Gasteiger partial charge in [-0.05, 0) is 46.8 Å². The summed E-state index contributed by atoms with van der Waals surface area (Å²) in [6, 6.07) is 34.5. The van der Waals surface area contributed by atoms with Crippen LogP contribution in [0.4, 0.5) is 0 Å². The number of benzene rings is 5. The van der Waals surface area contributed by atoms with Crippen molar-refractivity contribution < 1.29 is 0 Å². The van der Waals surface area contributed by atoms with Gasteiger partial charge >= 0.3 is 0 Å². The maximum absolute atomic E-state index is 6.49. The molecule has 5 aromatic carbocycles. The van der Waals surface area contributed by atoms with Crippen molar-refractivity contribution >= 4 is 65.8 Å². The van der Waals surface area contributed by atoms with E-state index in [0.29, 0.717) is 5.82 Å². The van der Waals surface area contributed by atoms with Crippen molar-refractivity contribution in [1.82, 2.24) is 9.13 Å². The number of nitrogens with two attached hydrogens (primary N) is 1. The number of para-hydroxylation sites is 1. The van der Waals surface area contributed by atoms with Crippen molar-refractivity contribution in [3.8, 4) is 5.69 Å². The standard InChI is InChI=1S/C33H25N3/c1-20(2)22-16-18-23(19-17-22)36-31-27-13-7-5-11-25(27)24-10-4-6-12-26(24)30(31)33-32(36)28-14-8-9-15-29(28)35(33)21(3)34/h4-19H,1,3,34H2,2H3. The molecule has 0 radical (unpaired) electrons. The summed E-state index contributed by atoms with van der Waals surface area (Å²) in [6.45, 7) is 10.3. The summed E-state index contributed by atoms with van der Waals surface area (Å²) in [7, 11) is 0. The van der Waals surface area contributed by atoms with Crippen LogP contribution in [0.2, 0.25) is 0 Å². The topological polar surface area (TPSA) is 35.9 Å². The fourth-order valence-corrected chi connectivity index (χ4v) is 5.84. The Morgan fingerprint density at radius 3 is 1.81 bits per heavy atom. The highest BCUT2D eigenvalue weighted by atomic mass is 15.1. The lowest BCUT2D eigenvalue weighted by molar-refractivity contribution is 1.18. The van der Waals surface area contributed by atoms with Crippen LogP contribution in [0, 0.1) is 0 Å². The van der Waals surface area contributed by atoms with E-state index in [9.17, 15) is 0 Å². The highest BCUT2D eigenvalue weighted by molar-refractivity contribution is 6.34. The van der Waals surface area contributed by atoms with Gasteiger partial charge in [-0.25, -0.2) is 0 Å². The Hall–Kier alpha value is -4.76. The molecule has 2 N–H and O–H groups in total. The summed E-state index contributed by atoms with van der Waals surface area (Å²) < 4.78 is 4.52. The van der Waals surface area contributed by atoms with Gasteiger partial charge in [0.2, 0.25) is 0 Å². The Kier molecular flexibility index (Phi) is 4.22. The predicted octanol–water partition coefficient (Wildman–Crippen LogP) is 8.46. The maximum Gasteiger partial charge on any atom is 0.100 e. The van der Waals surface area contributed by atoms with E-state index in [2.05, 4.69) is 119 Å². The average molecular weight is 464 g/mol. The molecule has 3 heteroatoms. The first-order valence-corrected chi connectivity index (χ1v) is 12.1. The van der Waals surface area contributed by atoms with E-state index in [4.69, 9.17) is 5.73 Å². The maximum atomic E-state index is 6.49. The van der Waals surface area contributed by atoms with Gasteiger partial charge in [-0.2, -0.15) is 0 Å². The lowest BCUT2D eigenvalue weighted by atomic mass is 9.98. The van der Waals surface area contributed by atoms with Crippen molar-refractivity contribution in [2.75, 3.05) is 0 Å². The molecule has 0 saturated heterocycles. The largest absolute Gasteiger partial charge is 0.385 e. The minimum Gasteiger partial charge on any atom is -0.385 e. The summed E-state index contributed by atoms with van der Waals surface area (Å²) in [6.07, 6.45) is 0. The molecule has 0 amide bonds. The van der Waals surface area contributed by atoms with Crippen LogP contribution in [0.3, 0.4) is 0 Å². The summed E-state index contributed by atoms with van der Waals surface area (Å²) in [5.41, 5.74) is 14.2. The minimum absolute atomic E-state index is 0.509. The van der Waals surface area contributed by atoms with Gasteiger partial charge in [0.15, 0.2) is 0 Å². The SMILES string of the molecule is C=C(C)c1ccc(-n2c3c4ccccc4c4ccccc4c3c3c2c2ccccc2n3C(=C)N)cc1. The van der Waals surface area contributed by atoms with Crippen molar-refractivity contribution in [3.05, 3.63) is 116 Å². The van der Waals surface area contributed by atoms with Crippen LogP contribution in [0.5, 0.6) is 0 Å². The molecule has 36 heavy (non-hydrogen) atoms. The highest BCUT2D eigenvalue weighted by Crippen LogP contribution is 2.45. The molecule has 0 saturated carbocycles. The van der Waals surface area contributed by atoms with Crippen molar-refractivity contribution in [2.24, 2.45) is 5.73 Å². The zero-order valence-corrected chi connectivity index (χ0v) is 20.1. The third-order valence-corrected chi connectivity index (χ3v) is 7.34. The van der Waals surface area contributed by atoms with Crippen LogP contribution in [0.15, 0.2) is 110 Å². The molecule has 7 rings (SSSR count). The van der Waals surface area contributed by atoms with Crippen molar-refractivity contribution in [3.63, 3.8) is 0 Å². The molecule has 0 aliphatic rings. The number of hydrogen-bond donors (Lipinski definition) is 1. The molecule has 3 nitrogen and oxygen atoms in total. The van der Waals surface area contributed by atoms with Gasteiger partial charge in [-0.3, -0.25) is 4.57 Å². The molecule has 7 aromatic rings. The molecule has 0 bridgehead atoms. The van der Waals surface area contributed by atoms with Gasteiger partial charge in [0.05, 0.1) is 22.1 Å². The summed E-state index contributed by atoms with van der Waals surface area (Å²) >= 11 is 0. The van der Waals surface area contributed by atoms with Crippen LogP contribution < -0.4 is 5.73 Å². The van der Waals surface area contributed by atoms with Crippen LogP contribution in [-0.4, -0.2) is 9.13 Å². The van der Waals surface area contributed by atoms with Gasteiger partial charge < -0.3 is 10.3 Å². The molecular weight excluding hydrogens is 438 g/mol. The Balaban J connectivity index is 1.84. The third kappa shape index (κ3) is 2.63. The van der Waals surface area contributed by atoms with E-state index < -0.39 is 0 Å². The zero-order valence-electron chi connectivity index (χ0n) is 20.1. The van der Waals surface area contributed by atoms with Gasteiger partial charge in [0, 0.05) is 21.8 Å². The third-order valence-electron chi connectivity index (χ3n) is 7.34. The van der Waals surface area contributed by atoms with Gasteiger partial charge in [0.1, 0.15) is 5.82 Å². The van der Waals surface area contributed by atoms with E-state index in [0.717, 1.165) is 38.8 Å². The molecule has 0 aliphatic carbocycles. The van der Waals surface area contributed by atoms with E-state index in [1.54, 1.807) is 0 Å². The number of allylic oxidation sites excluding steroid dienone is 1. The highest BCUT2D eigenvalue weighted by Gasteiger charge is 2.25. The Morgan fingerprint density at radius 1 is 0.611 bits per heavy atom. The second-order valence-corrected chi connectivity index (χ2v) is 9.52. The first-order valence-electron chi connectivity index (χ1n) is 12.1. The number of aromatic nitrogens is 2. The number of fused-ring (bicyclic) bond motifs is 10.